The smallest absolute Gasteiger partial charge is 0.123 e. The fourth-order valence-electron chi connectivity index (χ4n) is 2.11. The predicted molar refractivity (Wildman–Crippen MR) is 80.2 cm³/mol. The second-order valence-electron chi connectivity index (χ2n) is 5.07. The quantitative estimate of drug-likeness (QED) is 0.862. The topological polar surface area (TPSA) is 12.0 Å². The van der Waals surface area contributed by atoms with Gasteiger partial charge in [0.25, 0.3) is 0 Å². The monoisotopic (exact) mass is 277 g/mol. The molecule has 0 aliphatic carbocycles. The molecule has 0 saturated carbocycles. The molecule has 19 heavy (non-hydrogen) atoms. The fourth-order valence-corrected chi connectivity index (χ4v) is 3.13. The Morgan fingerprint density at radius 3 is 2.63 bits per heavy atom. The molecule has 1 atom stereocenters. The first-order valence-corrected chi connectivity index (χ1v) is 7.40. The molecule has 1 N–H and O–H groups in total. The van der Waals surface area contributed by atoms with Crippen molar-refractivity contribution in [2.24, 2.45) is 0 Å². The molecule has 2 rings (SSSR count). The maximum Gasteiger partial charge on any atom is 0.123 e. The van der Waals surface area contributed by atoms with E-state index in [1.54, 1.807) is 6.07 Å². The van der Waals surface area contributed by atoms with Gasteiger partial charge in [-0.25, -0.2) is 4.39 Å². The van der Waals surface area contributed by atoms with Gasteiger partial charge in [0, 0.05) is 22.3 Å². The number of rotatable bonds is 5. The molecule has 0 fully saturated rings. The van der Waals surface area contributed by atoms with E-state index in [9.17, 15) is 4.39 Å². The van der Waals surface area contributed by atoms with Crippen molar-refractivity contribution in [1.29, 1.82) is 0 Å². The summed E-state index contributed by atoms with van der Waals surface area (Å²) in [6.07, 6.45) is 1.04. The lowest BCUT2D eigenvalue weighted by Crippen LogP contribution is -2.27. The van der Waals surface area contributed by atoms with Gasteiger partial charge in [0.1, 0.15) is 5.82 Å². The molecule has 0 aliphatic heterocycles. The lowest BCUT2D eigenvalue weighted by atomic mass is 10.1. The van der Waals surface area contributed by atoms with Crippen molar-refractivity contribution >= 4 is 11.3 Å². The van der Waals surface area contributed by atoms with Gasteiger partial charge in [-0.1, -0.05) is 6.07 Å². The maximum absolute atomic E-state index is 13.0. The van der Waals surface area contributed by atoms with E-state index in [4.69, 9.17) is 0 Å². The summed E-state index contributed by atoms with van der Waals surface area (Å²) in [5.74, 6) is -0.164. The first-order valence-electron chi connectivity index (χ1n) is 6.58. The van der Waals surface area contributed by atoms with E-state index in [1.165, 1.54) is 15.8 Å². The van der Waals surface area contributed by atoms with E-state index < -0.39 is 0 Å². The molecule has 0 radical (unpaired) electrons. The average molecular weight is 277 g/mol. The molecule has 1 nitrogen and oxygen atoms in total. The van der Waals surface area contributed by atoms with Crippen molar-refractivity contribution in [3.8, 4) is 0 Å². The van der Waals surface area contributed by atoms with Crippen molar-refractivity contribution < 1.29 is 4.39 Å². The van der Waals surface area contributed by atoms with Crippen LogP contribution < -0.4 is 5.32 Å². The number of halogens is 1. The molecular weight excluding hydrogens is 257 g/mol. The minimum Gasteiger partial charge on any atom is -0.310 e. The summed E-state index contributed by atoms with van der Waals surface area (Å²) in [6, 6.07) is 9.75. The summed E-state index contributed by atoms with van der Waals surface area (Å²) < 4.78 is 13.0. The first-order chi connectivity index (χ1) is 9.04. The third-order valence-corrected chi connectivity index (χ3v) is 4.27. The Labute approximate surface area is 118 Å². The Morgan fingerprint density at radius 2 is 2.00 bits per heavy atom. The molecule has 0 saturated heterocycles. The molecule has 1 unspecified atom stereocenters. The molecule has 3 heteroatoms. The van der Waals surface area contributed by atoms with Crippen LogP contribution in [0.25, 0.3) is 0 Å². The highest BCUT2D eigenvalue weighted by molar-refractivity contribution is 7.11. The minimum atomic E-state index is -0.164. The highest BCUT2D eigenvalue weighted by atomic mass is 32.1. The van der Waals surface area contributed by atoms with Crippen LogP contribution in [0.3, 0.4) is 0 Å². The van der Waals surface area contributed by atoms with Crippen molar-refractivity contribution in [3.63, 3.8) is 0 Å². The van der Waals surface area contributed by atoms with Crippen LogP contribution in [0.2, 0.25) is 0 Å². The molecule has 0 bridgehead atoms. The van der Waals surface area contributed by atoms with Crippen LogP contribution in [0, 0.1) is 19.7 Å². The van der Waals surface area contributed by atoms with Gasteiger partial charge in [0.05, 0.1) is 0 Å². The normalized spacial score (nSPS) is 12.6. The number of thiophene rings is 1. The van der Waals surface area contributed by atoms with E-state index in [1.807, 2.05) is 24.3 Å². The Bertz CT molecular complexity index is 547. The average Bonchev–Trinajstić information content (AvgIpc) is 2.73. The number of nitrogens with one attached hydrogen (secondary N) is 1. The molecular formula is C16H20FNS. The highest BCUT2D eigenvalue weighted by Crippen LogP contribution is 2.17. The van der Waals surface area contributed by atoms with E-state index in [0.29, 0.717) is 6.04 Å². The van der Waals surface area contributed by atoms with Gasteiger partial charge >= 0.3 is 0 Å². The van der Waals surface area contributed by atoms with Gasteiger partial charge < -0.3 is 5.32 Å². The van der Waals surface area contributed by atoms with Crippen LogP contribution in [0.15, 0.2) is 30.3 Å². The SMILES string of the molecule is Cc1ccc(CC(C)NCc2ccc(F)cc2C)s1. The van der Waals surface area contributed by atoms with E-state index in [0.717, 1.165) is 24.1 Å². The third kappa shape index (κ3) is 4.15. The number of benzene rings is 1. The molecule has 1 aromatic heterocycles. The van der Waals surface area contributed by atoms with Crippen LogP contribution in [0.1, 0.15) is 27.8 Å². The Hall–Kier alpha value is -1.19. The van der Waals surface area contributed by atoms with Gasteiger partial charge in [-0.05, 0) is 62.6 Å². The molecule has 1 aromatic carbocycles. The molecule has 0 amide bonds. The fraction of sp³-hybridized carbons (Fsp3) is 0.375. The van der Waals surface area contributed by atoms with Crippen LogP contribution in [-0.4, -0.2) is 6.04 Å². The highest BCUT2D eigenvalue weighted by Gasteiger charge is 2.06. The zero-order chi connectivity index (χ0) is 13.8. The lowest BCUT2D eigenvalue weighted by Gasteiger charge is -2.14. The summed E-state index contributed by atoms with van der Waals surface area (Å²) >= 11 is 1.85. The van der Waals surface area contributed by atoms with Gasteiger partial charge in [-0.3, -0.25) is 0 Å². The molecule has 0 aliphatic rings. The summed E-state index contributed by atoms with van der Waals surface area (Å²) in [5.41, 5.74) is 2.17. The second kappa shape index (κ2) is 6.31. The van der Waals surface area contributed by atoms with Crippen molar-refractivity contribution in [1.82, 2.24) is 5.32 Å². The summed E-state index contributed by atoms with van der Waals surface area (Å²) in [5, 5.41) is 3.50. The lowest BCUT2D eigenvalue weighted by molar-refractivity contribution is 0.546. The summed E-state index contributed by atoms with van der Waals surface area (Å²) in [7, 11) is 0. The maximum atomic E-state index is 13.0. The van der Waals surface area contributed by atoms with E-state index in [-0.39, 0.29) is 5.82 Å². The van der Waals surface area contributed by atoms with Crippen LogP contribution in [-0.2, 0) is 13.0 Å². The van der Waals surface area contributed by atoms with Crippen LogP contribution in [0.4, 0.5) is 4.39 Å². The second-order valence-corrected chi connectivity index (χ2v) is 6.44. The molecule has 102 valence electrons. The van der Waals surface area contributed by atoms with Crippen LogP contribution in [0.5, 0.6) is 0 Å². The zero-order valence-electron chi connectivity index (χ0n) is 11.7. The van der Waals surface area contributed by atoms with Crippen LogP contribution >= 0.6 is 11.3 Å². The van der Waals surface area contributed by atoms with Crippen molar-refractivity contribution in [3.05, 3.63) is 57.0 Å². The van der Waals surface area contributed by atoms with E-state index >= 15 is 0 Å². The zero-order valence-corrected chi connectivity index (χ0v) is 12.5. The van der Waals surface area contributed by atoms with E-state index in [2.05, 4.69) is 31.3 Å². The molecule has 1 heterocycles. The molecule has 0 spiro atoms. The summed E-state index contributed by atoms with van der Waals surface area (Å²) in [4.78, 5) is 2.77. The Balaban J connectivity index is 1.87. The summed E-state index contributed by atoms with van der Waals surface area (Å²) in [6.45, 7) is 7.06. The minimum absolute atomic E-state index is 0.164. The molecule has 2 aromatic rings. The Kier molecular flexibility index (Phi) is 4.72. The predicted octanol–water partition coefficient (Wildman–Crippen LogP) is 4.22. The van der Waals surface area contributed by atoms with Gasteiger partial charge in [-0.2, -0.15) is 0 Å². The standard InChI is InChI=1S/C16H20FNS/c1-11-8-15(17)6-5-14(11)10-18-12(2)9-16-7-4-13(3)19-16/h4-8,12,18H,9-10H2,1-3H3. The largest absolute Gasteiger partial charge is 0.310 e. The van der Waals surface area contributed by atoms with Gasteiger partial charge in [0.2, 0.25) is 0 Å². The van der Waals surface area contributed by atoms with Gasteiger partial charge in [0.15, 0.2) is 0 Å². The Morgan fingerprint density at radius 1 is 1.21 bits per heavy atom. The number of hydrogen-bond acceptors (Lipinski definition) is 2. The first kappa shape index (κ1) is 14.2. The number of hydrogen-bond donors (Lipinski definition) is 1. The number of aryl methyl sites for hydroxylation is 2. The van der Waals surface area contributed by atoms with Gasteiger partial charge in [-0.15, -0.1) is 11.3 Å². The van der Waals surface area contributed by atoms with Crippen molar-refractivity contribution in [2.75, 3.05) is 0 Å². The third-order valence-electron chi connectivity index (χ3n) is 3.25. The van der Waals surface area contributed by atoms with Crippen molar-refractivity contribution in [2.45, 2.75) is 39.8 Å².